The van der Waals surface area contributed by atoms with E-state index in [2.05, 4.69) is 20.8 Å². The Kier molecular flexibility index (Phi) is 6.18. The third kappa shape index (κ3) is 5.04. The Morgan fingerprint density at radius 1 is 1.25 bits per heavy atom. The molecule has 0 fully saturated rings. The highest BCUT2D eigenvalue weighted by Gasteiger charge is 2.14. The second-order valence-corrected chi connectivity index (χ2v) is 6.84. The smallest absolute Gasteiger partial charge is 0.341 e. The van der Waals surface area contributed by atoms with Crippen LogP contribution in [0.3, 0.4) is 0 Å². The van der Waals surface area contributed by atoms with Gasteiger partial charge in [0.1, 0.15) is 11.8 Å². The zero-order chi connectivity index (χ0) is 19.9. The van der Waals surface area contributed by atoms with Gasteiger partial charge in [0.2, 0.25) is 0 Å². The van der Waals surface area contributed by atoms with E-state index in [1.807, 2.05) is 24.3 Å². The number of aromatic nitrogens is 1. The maximum atomic E-state index is 12.2. The highest BCUT2D eigenvalue weighted by molar-refractivity contribution is 7.22. The van der Waals surface area contributed by atoms with E-state index in [0.717, 1.165) is 10.2 Å². The van der Waals surface area contributed by atoms with Crippen LogP contribution in [0.5, 0.6) is 5.75 Å². The fraction of sp³-hybridized carbons (Fsp3) is 0.158. The van der Waals surface area contributed by atoms with Crippen LogP contribution in [0, 0.1) is 0 Å². The summed E-state index contributed by atoms with van der Waals surface area (Å²) in [6.45, 7) is 1.25. The van der Waals surface area contributed by atoms with Crippen molar-refractivity contribution in [3.05, 3.63) is 54.1 Å². The highest BCUT2D eigenvalue weighted by atomic mass is 32.1. The van der Waals surface area contributed by atoms with Crippen molar-refractivity contribution in [1.82, 2.24) is 10.4 Å². The van der Waals surface area contributed by atoms with E-state index in [9.17, 15) is 9.59 Å². The van der Waals surface area contributed by atoms with Crippen molar-refractivity contribution in [2.75, 3.05) is 11.9 Å². The van der Waals surface area contributed by atoms with E-state index >= 15 is 0 Å². The number of nitrogens with zero attached hydrogens (tertiary/aromatic N) is 2. The van der Waals surface area contributed by atoms with Gasteiger partial charge in [0, 0.05) is 5.56 Å². The molecule has 1 amide bonds. The Morgan fingerprint density at radius 3 is 2.79 bits per heavy atom. The number of para-hydroxylation sites is 2. The molecule has 0 spiro atoms. The monoisotopic (exact) mass is 398 g/mol. The maximum Gasteiger partial charge on any atom is 0.341 e. The van der Waals surface area contributed by atoms with Gasteiger partial charge in [-0.3, -0.25) is 4.79 Å². The number of aliphatic carboxylic acids is 1. The zero-order valence-corrected chi connectivity index (χ0v) is 15.8. The summed E-state index contributed by atoms with van der Waals surface area (Å²) < 4.78 is 6.22. The van der Waals surface area contributed by atoms with Gasteiger partial charge < -0.3 is 15.2 Å². The molecule has 0 saturated carbocycles. The largest absolute Gasteiger partial charge is 0.481 e. The van der Waals surface area contributed by atoms with Gasteiger partial charge in [0.15, 0.2) is 11.7 Å². The second-order valence-electron chi connectivity index (χ2n) is 5.81. The van der Waals surface area contributed by atoms with Crippen LogP contribution in [0.4, 0.5) is 5.13 Å². The summed E-state index contributed by atoms with van der Waals surface area (Å²) in [5.74, 6) is -1.04. The number of carbonyl (C=O) groups is 2. The molecule has 0 unspecified atom stereocenters. The first-order valence-corrected chi connectivity index (χ1v) is 9.23. The lowest BCUT2D eigenvalue weighted by molar-refractivity contribution is -0.139. The molecule has 0 aliphatic rings. The van der Waals surface area contributed by atoms with Gasteiger partial charge in [0.25, 0.3) is 5.91 Å². The van der Waals surface area contributed by atoms with Crippen molar-refractivity contribution in [3.63, 3.8) is 0 Å². The van der Waals surface area contributed by atoms with Crippen LogP contribution >= 0.6 is 11.3 Å². The second kappa shape index (κ2) is 8.96. The Bertz CT molecular complexity index is 985. The lowest BCUT2D eigenvalue weighted by atomic mass is 10.2. The first-order chi connectivity index (χ1) is 13.5. The van der Waals surface area contributed by atoms with Crippen molar-refractivity contribution >= 4 is 44.8 Å². The third-order valence-electron chi connectivity index (χ3n) is 3.68. The highest BCUT2D eigenvalue weighted by Crippen LogP contribution is 2.25. The van der Waals surface area contributed by atoms with Crippen molar-refractivity contribution in [3.8, 4) is 5.75 Å². The first-order valence-electron chi connectivity index (χ1n) is 8.41. The van der Waals surface area contributed by atoms with Crippen LogP contribution < -0.4 is 15.5 Å². The third-order valence-corrected chi connectivity index (χ3v) is 4.64. The molecule has 1 heterocycles. The molecule has 0 saturated heterocycles. The standard InChI is InChI=1S/C19H18N4O4S/c1-12(21-19-22-14-7-3-5-9-16(14)28-19)18(26)23-20-10-13-6-2-4-8-15(13)27-11-17(24)25/h2-10,12H,11H2,1H3,(H,21,22)(H,23,26)(H,24,25)/b20-10-/t12-/m1/s1. The van der Waals surface area contributed by atoms with Crippen molar-refractivity contribution < 1.29 is 19.4 Å². The molecule has 3 N–H and O–H groups in total. The van der Waals surface area contributed by atoms with Gasteiger partial charge in [-0.2, -0.15) is 5.10 Å². The number of ether oxygens (including phenoxy) is 1. The van der Waals surface area contributed by atoms with Gasteiger partial charge in [0.05, 0.1) is 16.4 Å². The first kappa shape index (κ1) is 19.3. The fourth-order valence-corrected chi connectivity index (χ4v) is 3.26. The predicted molar refractivity (Wildman–Crippen MR) is 108 cm³/mol. The molecule has 0 bridgehead atoms. The van der Waals surface area contributed by atoms with E-state index in [0.29, 0.717) is 16.4 Å². The summed E-state index contributed by atoms with van der Waals surface area (Å²) in [7, 11) is 0. The zero-order valence-electron chi connectivity index (χ0n) is 15.0. The molecule has 28 heavy (non-hydrogen) atoms. The van der Waals surface area contributed by atoms with Crippen LogP contribution in [0.25, 0.3) is 10.2 Å². The summed E-state index contributed by atoms with van der Waals surface area (Å²) in [6.07, 6.45) is 1.40. The minimum atomic E-state index is -1.07. The van der Waals surface area contributed by atoms with Crippen LogP contribution in [-0.2, 0) is 9.59 Å². The van der Waals surface area contributed by atoms with Gasteiger partial charge in [-0.25, -0.2) is 15.2 Å². The summed E-state index contributed by atoms with van der Waals surface area (Å²) in [5.41, 5.74) is 3.88. The van der Waals surface area contributed by atoms with Crippen molar-refractivity contribution in [2.24, 2.45) is 5.10 Å². The number of hydrazone groups is 1. The van der Waals surface area contributed by atoms with Crippen LogP contribution in [-0.4, -0.2) is 40.8 Å². The Morgan fingerprint density at radius 2 is 2.00 bits per heavy atom. The molecular formula is C19H18N4O4S. The number of anilines is 1. The fourth-order valence-electron chi connectivity index (χ4n) is 2.31. The van der Waals surface area contributed by atoms with Gasteiger partial charge in [-0.05, 0) is 31.2 Å². The Balaban J connectivity index is 1.58. The van der Waals surface area contributed by atoms with E-state index in [1.165, 1.54) is 17.6 Å². The summed E-state index contributed by atoms with van der Waals surface area (Å²) >= 11 is 1.47. The molecule has 3 aromatic rings. The minimum Gasteiger partial charge on any atom is -0.481 e. The average molecular weight is 398 g/mol. The van der Waals surface area contributed by atoms with E-state index in [1.54, 1.807) is 31.2 Å². The Labute approximate surface area is 164 Å². The number of thiazole rings is 1. The summed E-state index contributed by atoms with van der Waals surface area (Å²) in [6, 6.07) is 14.0. The summed E-state index contributed by atoms with van der Waals surface area (Å²) in [5, 5.41) is 16.4. The van der Waals surface area contributed by atoms with Gasteiger partial charge in [-0.15, -0.1) is 0 Å². The predicted octanol–water partition coefficient (Wildman–Crippen LogP) is 2.71. The SMILES string of the molecule is C[C@@H](Nc1nc2ccccc2s1)C(=O)N/N=C\c1ccccc1OCC(=O)O. The molecule has 3 rings (SSSR count). The van der Waals surface area contributed by atoms with Gasteiger partial charge >= 0.3 is 5.97 Å². The van der Waals surface area contributed by atoms with E-state index in [-0.39, 0.29) is 5.91 Å². The molecule has 0 aliphatic carbocycles. The van der Waals surface area contributed by atoms with Gasteiger partial charge in [-0.1, -0.05) is 35.6 Å². The van der Waals surface area contributed by atoms with Crippen molar-refractivity contribution in [1.29, 1.82) is 0 Å². The number of fused-ring (bicyclic) bond motifs is 1. The quantitative estimate of drug-likeness (QED) is 0.397. The summed E-state index contributed by atoms with van der Waals surface area (Å²) in [4.78, 5) is 27.3. The molecule has 1 atom stereocenters. The maximum absolute atomic E-state index is 12.2. The van der Waals surface area contributed by atoms with Crippen LogP contribution in [0.15, 0.2) is 53.6 Å². The van der Waals surface area contributed by atoms with Crippen LogP contribution in [0.1, 0.15) is 12.5 Å². The van der Waals surface area contributed by atoms with E-state index in [4.69, 9.17) is 9.84 Å². The number of nitrogens with one attached hydrogen (secondary N) is 2. The lowest BCUT2D eigenvalue weighted by Gasteiger charge is -2.10. The number of benzene rings is 2. The number of carboxylic acids is 1. The topological polar surface area (TPSA) is 113 Å². The number of hydrogen-bond acceptors (Lipinski definition) is 7. The molecule has 1 aromatic heterocycles. The average Bonchev–Trinajstić information content (AvgIpc) is 3.09. The molecule has 0 radical (unpaired) electrons. The minimum absolute atomic E-state index is 0.334. The molecule has 9 heteroatoms. The molecule has 8 nitrogen and oxygen atoms in total. The molecule has 2 aromatic carbocycles. The van der Waals surface area contributed by atoms with E-state index < -0.39 is 18.6 Å². The number of carboxylic acid groups (broad SMARTS) is 1. The molecular weight excluding hydrogens is 380 g/mol. The van der Waals surface area contributed by atoms with Crippen molar-refractivity contribution in [2.45, 2.75) is 13.0 Å². The molecule has 0 aliphatic heterocycles. The lowest BCUT2D eigenvalue weighted by Crippen LogP contribution is -2.34. The number of amides is 1. The van der Waals surface area contributed by atoms with Crippen LogP contribution in [0.2, 0.25) is 0 Å². The number of rotatable bonds is 8. The number of carbonyl (C=O) groups excluding carboxylic acids is 1. The molecule has 144 valence electrons. The number of hydrogen-bond donors (Lipinski definition) is 3. The Hall–Kier alpha value is -3.46. The normalized spacial score (nSPS) is 12.0.